The van der Waals surface area contributed by atoms with E-state index in [1.54, 1.807) is 7.11 Å². The molecule has 0 amide bonds. The molecule has 0 aliphatic rings. The van der Waals surface area contributed by atoms with Crippen LogP contribution in [0, 0.1) is 0 Å². The van der Waals surface area contributed by atoms with Crippen molar-refractivity contribution in [2.45, 2.75) is 12.7 Å². The molecule has 1 aromatic rings. The zero-order chi connectivity index (χ0) is 12.7. The van der Waals surface area contributed by atoms with E-state index in [0.29, 0.717) is 13.2 Å². The summed E-state index contributed by atoms with van der Waals surface area (Å²) in [5.74, 6) is 0.214. The number of nitrogens with one attached hydrogen (secondary N) is 2. The molecule has 0 aliphatic carbocycles. The molecular formula is C8H13F3N4O2. The first-order valence-corrected chi connectivity index (χ1v) is 4.84. The largest absolute Gasteiger partial charge is 0.407 e. The van der Waals surface area contributed by atoms with Gasteiger partial charge in [-0.25, -0.2) is 0 Å². The summed E-state index contributed by atoms with van der Waals surface area (Å²) in [7, 11) is 1.56. The van der Waals surface area contributed by atoms with Crippen LogP contribution >= 0.6 is 0 Å². The van der Waals surface area contributed by atoms with Gasteiger partial charge in [0.1, 0.15) is 6.54 Å². The number of halogens is 3. The van der Waals surface area contributed by atoms with Gasteiger partial charge in [-0.3, -0.25) is 0 Å². The predicted octanol–water partition coefficient (Wildman–Crippen LogP) is 0.780. The molecule has 2 N–H and O–H groups in total. The Kier molecular flexibility index (Phi) is 5.16. The summed E-state index contributed by atoms with van der Waals surface area (Å²) < 4.78 is 45.3. The third kappa shape index (κ3) is 6.07. The lowest BCUT2D eigenvalue weighted by atomic mass is 10.6. The van der Waals surface area contributed by atoms with E-state index in [9.17, 15) is 13.2 Å². The molecule has 0 spiro atoms. The molecule has 0 unspecified atom stereocenters. The number of hydrogen-bond donors (Lipinski definition) is 2. The first kappa shape index (κ1) is 13.7. The average molecular weight is 254 g/mol. The van der Waals surface area contributed by atoms with Crippen LogP contribution in [0.3, 0.4) is 0 Å². The fourth-order valence-electron chi connectivity index (χ4n) is 0.942. The van der Waals surface area contributed by atoms with Crippen molar-refractivity contribution < 1.29 is 22.3 Å². The van der Waals surface area contributed by atoms with Crippen LogP contribution in [0.5, 0.6) is 0 Å². The van der Waals surface area contributed by atoms with E-state index in [-0.39, 0.29) is 18.5 Å². The highest BCUT2D eigenvalue weighted by Crippen LogP contribution is 2.15. The van der Waals surface area contributed by atoms with Gasteiger partial charge in [0.05, 0.1) is 13.2 Å². The second-order valence-corrected chi connectivity index (χ2v) is 3.14. The van der Waals surface area contributed by atoms with Crippen LogP contribution < -0.4 is 10.6 Å². The molecule has 0 atom stereocenters. The van der Waals surface area contributed by atoms with Gasteiger partial charge in [0, 0.05) is 13.7 Å². The lowest BCUT2D eigenvalue weighted by Gasteiger charge is -2.04. The van der Waals surface area contributed by atoms with Crippen LogP contribution in [0.15, 0.2) is 4.42 Å². The molecule has 17 heavy (non-hydrogen) atoms. The van der Waals surface area contributed by atoms with Crippen LogP contribution in [0.25, 0.3) is 0 Å². The summed E-state index contributed by atoms with van der Waals surface area (Å²) in [5.41, 5.74) is 0. The summed E-state index contributed by atoms with van der Waals surface area (Å²) in [6, 6.07) is -0.245. The summed E-state index contributed by atoms with van der Waals surface area (Å²) in [6.07, 6.45) is -4.31. The summed E-state index contributed by atoms with van der Waals surface area (Å²) in [6.45, 7) is 0.188. The van der Waals surface area contributed by atoms with Crippen molar-refractivity contribution in [2.24, 2.45) is 0 Å². The van der Waals surface area contributed by atoms with Crippen molar-refractivity contribution >= 4 is 6.01 Å². The van der Waals surface area contributed by atoms with E-state index in [1.165, 1.54) is 0 Å². The summed E-state index contributed by atoms with van der Waals surface area (Å²) in [4.78, 5) is 0. The number of nitrogens with zero attached hydrogens (tertiary/aromatic N) is 2. The van der Waals surface area contributed by atoms with Gasteiger partial charge in [-0.2, -0.15) is 13.2 Å². The molecule has 6 nitrogen and oxygen atoms in total. The molecule has 0 aromatic carbocycles. The summed E-state index contributed by atoms with van der Waals surface area (Å²) >= 11 is 0. The van der Waals surface area contributed by atoms with Crippen molar-refractivity contribution in [1.29, 1.82) is 0 Å². The lowest BCUT2D eigenvalue weighted by molar-refractivity contribution is -0.115. The van der Waals surface area contributed by atoms with Gasteiger partial charge in [-0.15, -0.1) is 5.10 Å². The molecule has 1 heterocycles. The second kappa shape index (κ2) is 6.40. The molecule has 0 saturated heterocycles. The number of hydrogen-bond acceptors (Lipinski definition) is 6. The number of aromatic nitrogens is 2. The van der Waals surface area contributed by atoms with Gasteiger partial charge in [0.15, 0.2) is 0 Å². The Bertz CT molecular complexity index is 329. The van der Waals surface area contributed by atoms with Crippen LogP contribution in [-0.2, 0) is 11.3 Å². The van der Waals surface area contributed by atoms with E-state index < -0.39 is 12.7 Å². The first-order chi connectivity index (χ1) is 8.01. The summed E-state index contributed by atoms with van der Waals surface area (Å²) in [5, 5.41) is 11.9. The van der Waals surface area contributed by atoms with Crippen LogP contribution in [0.4, 0.5) is 19.2 Å². The van der Waals surface area contributed by atoms with Crippen LogP contribution in [0.1, 0.15) is 5.89 Å². The van der Waals surface area contributed by atoms with Gasteiger partial charge in [-0.05, 0) is 0 Å². The molecular weight excluding hydrogens is 241 g/mol. The number of anilines is 1. The first-order valence-electron chi connectivity index (χ1n) is 4.84. The zero-order valence-corrected chi connectivity index (χ0v) is 9.17. The fourth-order valence-corrected chi connectivity index (χ4v) is 0.942. The van der Waals surface area contributed by atoms with Crippen molar-refractivity contribution in [3.63, 3.8) is 0 Å². The van der Waals surface area contributed by atoms with Crippen LogP contribution in [-0.4, -0.2) is 43.2 Å². The molecule has 9 heteroatoms. The Morgan fingerprint density at radius 3 is 2.76 bits per heavy atom. The van der Waals surface area contributed by atoms with E-state index >= 15 is 0 Å². The number of ether oxygens (including phenoxy) is 1. The minimum absolute atomic E-state index is 0.214. The van der Waals surface area contributed by atoms with Crippen molar-refractivity contribution in [3.8, 4) is 0 Å². The minimum Gasteiger partial charge on any atom is -0.407 e. The molecule has 1 aromatic heterocycles. The molecule has 98 valence electrons. The third-order valence-electron chi connectivity index (χ3n) is 1.67. The Morgan fingerprint density at radius 2 is 2.12 bits per heavy atom. The SMILES string of the molecule is COCCNCc1nnc(NCC(F)(F)F)o1. The Balaban J connectivity index is 2.28. The van der Waals surface area contributed by atoms with Crippen molar-refractivity contribution in [1.82, 2.24) is 15.5 Å². The van der Waals surface area contributed by atoms with E-state index in [1.807, 2.05) is 5.32 Å². The lowest BCUT2D eigenvalue weighted by Crippen LogP contribution is -2.21. The monoisotopic (exact) mass is 254 g/mol. The maximum atomic E-state index is 11.9. The number of methoxy groups -OCH3 is 1. The smallest absolute Gasteiger partial charge is 0.405 e. The molecule has 1 rings (SSSR count). The number of alkyl halides is 3. The van der Waals surface area contributed by atoms with Gasteiger partial charge in [0.25, 0.3) is 0 Å². The average Bonchev–Trinajstić information content (AvgIpc) is 2.69. The topological polar surface area (TPSA) is 72.2 Å². The highest BCUT2D eigenvalue weighted by atomic mass is 19.4. The van der Waals surface area contributed by atoms with E-state index in [0.717, 1.165) is 0 Å². The standard InChI is InChI=1S/C8H13F3N4O2/c1-16-3-2-12-4-6-14-15-7(17-6)13-5-8(9,10)11/h12H,2-5H2,1H3,(H,13,15). The molecule has 0 fully saturated rings. The fraction of sp³-hybridized carbons (Fsp3) is 0.750. The van der Waals surface area contributed by atoms with Crippen molar-refractivity contribution in [2.75, 3.05) is 32.1 Å². The highest BCUT2D eigenvalue weighted by molar-refractivity contribution is 5.17. The van der Waals surface area contributed by atoms with Gasteiger partial charge in [-0.1, -0.05) is 5.10 Å². The van der Waals surface area contributed by atoms with Crippen molar-refractivity contribution in [3.05, 3.63) is 5.89 Å². The predicted molar refractivity (Wildman–Crippen MR) is 52.4 cm³/mol. The zero-order valence-electron chi connectivity index (χ0n) is 9.17. The quantitative estimate of drug-likeness (QED) is 0.700. The third-order valence-corrected chi connectivity index (χ3v) is 1.67. The Hall–Kier alpha value is -1.35. The second-order valence-electron chi connectivity index (χ2n) is 3.14. The molecule has 0 bridgehead atoms. The van der Waals surface area contributed by atoms with Gasteiger partial charge >= 0.3 is 12.2 Å². The number of rotatable bonds is 7. The molecule has 0 aliphatic heterocycles. The Morgan fingerprint density at radius 1 is 1.35 bits per heavy atom. The maximum Gasteiger partial charge on any atom is 0.405 e. The van der Waals surface area contributed by atoms with E-state index in [2.05, 4.69) is 15.5 Å². The van der Waals surface area contributed by atoms with Gasteiger partial charge in [0.2, 0.25) is 5.89 Å². The molecule has 0 saturated carbocycles. The van der Waals surface area contributed by atoms with Crippen LogP contribution in [0.2, 0.25) is 0 Å². The highest BCUT2D eigenvalue weighted by Gasteiger charge is 2.27. The van der Waals surface area contributed by atoms with Gasteiger partial charge < -0.3 is 19.8 Å². The minimum atomic E-state index is -4.31. The normalized spacial score (nSPS) is 11.8. The maximum absolute atomic E-state index is 11.9. The Labute approximate surface area is 95.5 Å². The molecule has 0 radical (unpaired) electrons. The van der Waals surface area contributed by atoms with E-state index in [4.69, 9.17) is 9.15 Å².